The Balaban J connectivity index is 1.43. The van der Waals surface area contributed by atoms with Crippen LogP contribution in [0.1, 0.15) is 36.2 Å². The molecule has 0 amide bonds. The summed E-state index contributed by atoms with van der Waals surface area (Å²) in [5, 5.41) is 4.55. The maximum absolute atomic E-state index is 12.7. The molecule has 1 aromatic carbocycles. The van der Waals surface area contributed by atoms with Crippen LogP contribution in [0, 0.1) is 0 Å². The van der Waals surface area contributed by atoms with Crippen LogP contribution in [0.3, 0.4) is 0 Å². The summed E-state index contributed by atoms with van der Waals surface area (Å²) in [6.45, 7) is 2.83. The second-order valence-electron chi connectivity index (χ2n) is 8.78. The Morgan fingerprint density at radius 3 is 2.80 bits per heavy atom. The number of nitrogens with zero attached hydrogens (tertiary/aromatic N) is 5. The number of nitrogens with one attached hydrogen (secondary N) is 1. The predicted octanol–water partition coefficient (Wildman–Crippen LogP) is 2.50. The molecule has 30 heavy (non-hydrogen) atoms. The van der Waals surface area contributed by atoms with Crippen LogP contribution >= 0.6 is 0 Å². The largest absolute Gasteiger partial charge is 0.348 e. The lowest BCUT2D eigenvalue weighted by Crippen LogP contribution is -2.45. The van der Waals surface area contributed by atoms with E-state index in [1.54, 1.807) is 0 Å². The normalized spacial score (nSPS) is 21.1. The van der Waals surface area contributed by atoms with Crippen LogP contribution < -0.4 is 10.5 Å². The summed E-state index contributed by atoms with van der Waals surface area (Å²) in [7, 11) is 3.84. The highest BCUT2D eigenvalue weighted by Crippen LogP contribution is 2.43. The third-order valence-corrected chi connectivity index (χ3v) is 6.55. The van der Waals surface area contributed by atoms with E-state index in [4.69, 9.17) is 4.98 Å². The summed E-state index contributed by atoms with van der Waals surface area (Å²) >= 11 is 0. The first-order chi connectivity index (χ1) is 14.6. The predicted molar refractivity (Wildman–Crippen MR) is 117 cm³/mol. The number of benzene rings is 1. The third kappa shape index (κ3) is 3.23. The minimum absolute atomic E-state index is 0.0236. The van der Waals surface area contributed by atoms with Gasteiger partial charge in [-0.15, -0.1) is 0 Å². The lowest BCUT2D eigenvalue weighted by Gasteiger charge is -2.40. The molecular weight excluding hydrogens is 376 g/mol. The Bertz CT molecular complexity index is 1100. The number of H-pyrrole nitrogens is 1. The van der Waals surface area contributed by atoms with Gasteiger partial charge in [0.2, 0.25) is 5.95 Å². The fraction of sp³-hybridized carbons (Fsp3) is 0.435. The Kier molecular flexibility index (Phi) is 4.70. The Labute approximate surface area is 176 Å². The number of hydrogen-bond donors (Lipinski definition) is 1. The molecule has 7 heteroatoms. The number of likely N-dealkylation sites (tertiary alicyclic amines) is 1. The number of rotatable bonds is 4. The summed E-state index contributed by atoms with van der Waals surface area (Å²) in [5.74, 6) is 0.652. The van der Waals surface area contributed by atoms with E-state index in [2.05, 4.69) is 33.2 Å². The van der Waals surface area contributed by atoms with Crippen molar-refractivity contribution in [3.05, 3.63) is 69.9 Å². The summed E-state index contributed by atoms with van der Waals surface area (Å²) in [4.78, 5) is 24.9. The van der Waals surface area contributed by atoms with E-state index in [0.717, 1.165) is 62.3 Å². The smallest absolute Gasteiger partial charge is 0.255 e. The van der Waals surface area contributed by atoms with E-state index in [1.165, 1.54) is 5.69 Å². The maximum atomic E-state index is 12.7. The average Bonchev–Trinajstić information content (AvgIpc) is 3.34. The van der Waals surface area contributed by atoms with Gasteiger partial charge in [-0.1, -0.05) is 18.2 Å². The van der Waals surface area contributed by atoms with Gasteiger partial charge in [0.05, 0.1) is 17.1 Å². The van der Waals surface area contributed by atoms with Crippen LogP contribution in [0.5, 0.6) is 0 Å². The molecule has 1 saturated heterocycles. The van der Waals surface area contributed by atoms with Gasteiger partial charge >= 0.3 is 0 Å². The number of hydrogen-bond acceptors (Lipinski definition) is 5. The molecule has 1 N–H and O–H groups in total. The highest BCUT2D eigenvalue weighted by Gasteiger charge is 2.44. The maximum Gasteiger partial charge on any atom is 0.255 e. The van der Waals surface area contributed by atoms with Gasteiger partial charge in [0, 0.05) is 44.4 Å². The van der Waals surface area contributed by atoms with Gasteiger partial charge in [-0.2, -0.15) is 5.10 Å². The number of piperidine rings is 1. The molecule has 1 aliphatic carbocycles. The molecule has 1 fully saturated rings. The molecule has 0 radical (unpaired) electrons. The summed E-state index contributed by atoms with van der Waals surface area (Å²) in [5.41, 5.74) is 4.18. The monoisotopic (exact) mass is 404 g/mol. The van der Waals surface area contributed by atoms with Crippen molar-refractivity contribution in [1.29, 1.82) is 0 Å². The minimum Gasteiger partial charge on any atom is -0.348 e. The lowest BCUT2D eigenvalue weighted by atomic mass is 9.77. The molecule has 0 saturated carbocycles. The first kappa shape index (κ1) is 19.1. The highest BCUT2D eigenvalue weighted by atomic mass is 16.1. The average molecular weight is 405 g/mol. The van der Waals surface area contributed by atoms with Crippen molar-refractivity contribution in [2.24, 2.45) is 0 Å². The zero-order valence-corrected chi connectivity index (χ0v) is 17.6. The summed E-state index contributed by atoms with van der Waals surface area (Å²) < 4.78 is 2.02. The van der Waals surface area contributed by atoms with Crippen molar-refractivity contribution in [3.63, 3.8) is 0 Å². The van der Waals surface area contributed by atoms with Crippen molar-refractivity contribution >= 4 is 5.95 Å². The molecule has 3 heterocycles. The van der Waals surface area contributed by atoms with Crippen LogP contribution in [-0.4, -0.2) is 51.8 Å². The van der Waals surface area contributed by atoms with Gasteiger partial charge < -0.3 is 4.90 Å². The van der Waals surface area contributed by atoms with Gasteiger partial charge in [-0.05, 0) is 50.4 Å². The molecule has 5 rings (SSSR count). The van der Waals surface area contributed by atoms with Gasteiger partial charge in [-0.25, -0.2) is 9.67 Å². The van der Waals surface area contributed by atoms with E-state index in [9.17, 15) is 4.79 Å². The highest BCUT2D eigenvalue weighted by molar-refractivity contribution is 5.39. The molecule has 1 unspecified atom stereocenters. The van der Waals surface area contributed by atoms with Gasteiger partial charge in [0.1, 0.15) is 0 Å². The summed E-state index contributed by atoms with van der Waals surface area (Å²) in [6, 6.07) is 12.4. The van der Waals surface area contributed by atoms with Crippen molar-refractivity contribution in [2.75, 3.05) is 32.1 Å². The Hall–Kier alpha value is -2.93. The van der Waals surface area contributed by atoms with Crippen molar-refractivity contribution in [2.45, 2.75) is 37.6 Å². The number of aromatic nitrogens is 4. The topological polar surface area (TPSA) is 70.1 Å². The van der Waals surface area contributed by atoms with Crippen molar-refractivity contribution in [1.82, 2.24) is 24.6 Å². The van der Waals surface area contributed by atoms with E-state index in [-0.39, 0.29) is 11.0 Å². The molecule has 1 aliphatic heterocycles. The second-order valence-corrected chi connectivity index (χ2v) is 8.78. The van der Waals surface area contributed by atoms with Crippen LogP contribution in [-0.2, 0) is 18.4 Å². The molecule has 1 atom stereocenters. The van der Waals surface area contributed by atoms with Crippen LogP contribution in [0.15, 0.2) is 47.4 Å². The van der Waals surface area contributed by atoms with E-state index in [0.29, 0.717) is 5.95 Å². The number of para-hydroxylation sites is 1. The van der Waals surface area contributed by atoms with E-state index in [1.807, 2.05) is 48.1 Å². The molecule has 156 valence electrons. The molecule has 2 aliphatic rings. The van der Waals surface area contributed by atoms with Crippen molar-refractivity contribution in [3.8, 4) is 5.69 Å². The number of fused-ring (bicyclic) bond motifs is 2. The lowest BCUT2D eigenvalue weighted by molar-refractivity contribution is 0.134. The summed E-state index contributed by atoms with van der Waals surface area (Å²) in [6.07, 6.45) is 5.91. The molecule has 7 nitrogen and oxygen atoms in total. The SMILES string of the molecule is CN(C)c1nc2c(c(=O)[nH]1)CCC21CCCN(Cc2ccnn2-c2ccccc2)C1. The first-order valence-electron chi connectivity index (χ1n) is 10.7. The standard InChI is InChI=1S/C23H28N6O/c1-27(2)22-25-20-19(21(30)26-22)9-12-23(20)11-6-14-28(16-23)15-18-10-13-24-29(18)17-7-4-3-5-8-17/h3-5,7-8,10,13H,6,9,11-12,14-16H2,1-2H3,(H,25,26,30). The number of aromatic amines is 1. The van der Waals surface area contributed by atoms with Crippen LogP contribution in [0.2, 0.25) is 0 Å². The third-order valence-electron chi connectivity index (χ3n) is 6.55. The number of anilines is 1. The molecular formula is C23H28N6O. The zero-order chi connectivity index (χ0) is 20.7. The molecule has 2 aromatic heterocycles. The van der Waals surface area contributed by atoms with Crippen LogP contribution in [0.4, 0.5) is 5.95 Å². The van der Waals surface area contributed by atoms with E-state index < -0.39 is 0 Å². The second kappa shape index (κ2) is 7.40. The van der Waals surface area contributed by atoms with Crippen LogP contribution in [0.25, 0.3) is 5.69 Å². The van der Waals surface area contributed by atoms with Gasteiger partial charge in [0.25, 0.3) is 5.56 Å². The molecule has 3 aromatic rings. The first-order valence-corrected chi connectivity index (χ1v) is 10.7. The van der Waals surface area contributed by atoms with Gasteiger partial charge in [-0.3, -0.25) is 14.7 Å². The molecule has 1 spiro atoms. The minimum atomic E-state index is -0.0236. The fourth-order valence-electron chi connectivity index (χ4n) is 5.09. The fourth-order valence-corrected chi connectivity index (χ4v) is 5.09. The van der Waals surface area contributed by atoms with E-state index >= 15 is 0 Å². The molecule has 0 bridgehead atoms. The van der Waals surface area contributed by atoms with Crippen molar-refractivity contribution < 1.29 is 0 Å². The zero-order valence-electron chi connectivity index (χ0n) is 17.6. The Morgan fingerprint density at radius 1 is 1.17 bits per heavy atom. The quantitative estimate of drug-likeness (QED) is 0.724. The van der Waals surface area contributed by atoms with Gasteiger partial charge in [0.15, 0.2) is 0 Å². The Morgan fingerprint density at radius 2 is 2.00 bits per heavy atom.